The molecule has 2 aromatic carbocycles. The Morgan fingerprint density at radius 2 is 1.68 bits per heavy atom. The highest BCUT2D eigenvalue weighted by atomic mass is 32.1. The monoisotopic (exact) mass is 394 g/mol. The highest BCUT2D eigenvalue weighted by molar-refractivity contribution is 7.15. The van der Waals surface area contributed by atoms with Gasteiger partial charge in [0.15, 0.2) is 11.7 Å². The average Bonchev–Trinajstić information content (AvgIpc) is 3.14. The van der Waals surface area contributed by atoms with Gasteiger partial charge in [0, 0.05) is 4.88 Å². The molecule has 0 radical (unpaired) electrons. The van der Waals surface area contributed by atoms with Crippen LogP contribution in [0.1, 0.15) is 29.0 Å². The Morgan fingerprint density at radius 1 is 0.964 bits per heavy atom. The summed E-state index contributed by atoms with van der Waals surface area (Å²) in [6, 6.07) is 17.3. The number of anilines is 1. The van der Waals surface area contributed by atoms with Crippen LogP contribution in [0, 0.1) is 0 Å². The van der Waals surface area contributed by atoms with Gasteiger partial charge in [-0.2, -0.15) is 0 Å². The lowest BCUT2D eigenvalue weighted by molar-refractivity contribution is -0.118. The van der Waals surface area contributed by atoms with E-state index in [0.29, 0.717) is 17.5 Å². The van der Waals surface area contributed by atoms with Gasteiger partial charge in [-0.1, -0.05) is 30.3 Å². The molecule has 4 rings (SSSR count). The Hall–Kier alpha value is -2.86. The van der Waals surface area contributed by atoms with Gasteiger partial charge in [0.1, 0.15) is 18.1 Å². The van der Waals surface area contributed by atoms with E-state index in [0.717, 1.165) is 29.8 Å². The van der Waals surface area contributed by atoms with Crippen molar-refractivity contribution in [1.82, 2.24) is 4.98 Å². The molecule has 0 spiro atoms. The van der Waals surface area contributed by atoms with E-state index >= 15 is 0 Å². The molecule has 0 unspecified atom stereocenters. The van der Waals surface area contributed by atoms with Gasteiger partial charge in [-0.05, 0) is 55.5 Å². The summed E-state index contributed by atoms with van der Waals surface area (Å²) in [5.41, 5.74) is 2.25. The summed E-state index contributed by atoms with van der Waals surface area (Å²) in [5, 5.41) is 3.51. The molecule has 0 atom stereocenters. The van der Waals surface area contributed by atoms with E-state index in [1.807, 2.05) is 42.5 Å². The topological polar surface area (TPSA) is 60.5 Å². The Kier molecular flexibility index (Phi) is 5.87. The summed E-state index contributed by atoms with van der Waals surface area (Å²) >= 11 is 1.58. The first-order chi connectivity index (χ1) is 13.8. The quantitative estimate of drug-likeness (QED) is 0.635. The minimum Gasteiger partial charge on any atom is -0.489 e. The first kappa shape index (κ1) is 18.5. The minimum absolute atomic E-state index is 0.0472. The Bertz CT molecular complexity index is 899. The molecule has 1 aliphatic carbocycles. The van der Waals surface area contributed by atoms with Gasteiger partial charge < -0.3 is 9.47 Å². The van der Waals surface area contributed by atoms with Crippen LogP contribution in [0.5, 0.6) is 11.5 Å². The fraction of sp³-hybridized carbons (Fsp3) is 0.273. The third-order valence-corrected chi connectivity index (χ3v) is 5.61. The lowest BCUT2D eigenvalue weighted by Gasteiger charge is -2.08. The van der Waals surface area contributed by atoms with Crippen LogP contribution >= 0.6 is 11.3 Å². The summed E-state index contributed by atoms with van der Waals surface area (Å²) in [6.07, 6.45) is 4.46. The zero-order chi connectivity index (χ0) is 19.2. The Labute approximate surface area is 168 Å². The Balaban J connectivity index is 1.24. The molecule has 1 aromatic heterocycles. The van der Waals surface area contributed by atoms with Crippen molar-refractivity contribution in [3.05, 3.63) is 70.7 Å². The molecule has 28 heavy (non-hydrogen) atoms. The van der Waals surface area contributed by atoms with Crippen LogP contribution in [0.2, 0.25) is 0 Å². The zero-order valence-electron chi connectivity index (χ0n) is 15.5. The number of hydrogen-bond acceptors (Lipinski definition) is 5. The number of hydrogen-bond donors (Lipinski definition) is 1. The van der Waals surface area contributed by atoms with E-state index in [1.165, 1.54) is 17.7 Å². The molecular weight excluding hydrogens is 372 g/mol. The number of fused-ring (bicyclic) bond motifs is 1. The summed E-state index contributed by atoms with van der Waals surface area (Å²) in [5.74, 6) is 1.19. The van der Waals surface area contributed by atoms with Gasteiger partial charge >= 0.3 is 0 Å². The van der Waals surface area contributed by atoms with Crippen molar-refractivity contribution >= 4 is 22.4 Å². The van der Waals surface area contributed by atoms with Crippen LogP contribution in [-0.4, -0.2) is 17.5 Å². The lowest BCUT2D eigenvalue weighted by Crippen LogP contribution is -2.20. The largest absolute Gasteiger partial charge is 0.489 e. The molecule has 0 bridgehead atoms. The first-order valence-corrected chi connectivity index (χ1v) is 10.3. The number of aromatic nitrogens is 1. The van der Waals surface area contributed by atoms with Crippen LogP contribution in [0.25, 0.3) is 0 Å². The maximum Gasteiger partial charge on any atom is 0.264 e. The number of ether oxygens (including phenoxy) is 2. The van der Waals surface area contributed by atoms with Gasteiger partial charge in [-0.3, -0.25) is 10.1 Å². The van der Waals surface area contributed by atoms with E-state index in [1.54, 1.807) is 23.5 Å². The number of benzene rings is 2. The van der Waals surface area contributed by atoms with Crippen molar-refractivity contribution in [3.8, 4) is 11.5 Å². The van der Waals surface area contributed by atoms with Crippen molar-refractivity contribution in [2.24, 2.45) is 0 Å². The van der Waals surface area contributed by atoms with Gasteiger partial charge in [-0.25, -0.2) is 4.98 Å². The molecule has 0 saturated heterocycles. The smallest absolute Gasteiger partial charge is 0.264 e. The fourth-order valence-corrected chi connectivity index (χ4v) is 4.15. The lowest BCUT2D eigenvalue weighted by atomic mass is 10.0. The second-order valence-corrected chi connectivity index (χ2v) is 7.76. The predicted molar refractivity (Wildman–Crippen MR) is 110 cm³/mol. The van der Waals surface area contributed by atoms with E-state index in [9.17, 15) is 4.79 Å². The average molecular weight is 394 g/mol. The van der Waals surface area contributed by atoms with Gasteiger partial charge in [-0.15, -0.1) is 11.3 Å². The maximum absolute atomic E-state index is 12.1. The van der Waals surface area contributed by atoms with Crippen molar-refractivity contribution in [2.45, 2.75) is 32.3 Å². The number of carbonyl (C=O) groups excluding carboxylic acids is 1. The molecule has 1 heterocycles. The third kappa shape index (κ3) is 4.89. The highest BCUT2D eigenvalue weighted by Gasteiger charge is 2.16. The van der Waals surface area contributed by atoms with E-state index < -0.39 is 0 Å². The van der Waals surface area contributed by atoms with Crippen molar-refractivity contribution < 1.29 is 14.3 Å². The van der Waals surface area contributed by atoms with Gasteiger partial charge in [0.25, 0.3) is 5.91 Å². The SMILES string of the molecule is O=C(COc1ccc(OCc2ccccc2)cc1)Nc1nc2c(s1)CCCC2. The second kappa shape index (κ2) is 8.89. The van der Waals surface area contributed by atoms with Crippen LogP contribution in [0.15, 0.2) is 54.6 Å². The molecule has 1 amide bonds. The zero-order valence-corrected chi connectivity index (χ0v) is 16.3. The summed E-state index contributed by atoms with van der Waals surface area (Å²) in [7, 11) is 0. The highest BCUT2D eigenvalue weighted by Crippen LogP contribution is 2.29. The molecule has 0 saturated carbocycles. The summed E-state index contributed by atoms with van der Waals surface area (Å²) in [4.78, 5) is 17.9. The van der Waals surface area contributed by atoms with E-state index in [-0.39, 0.29) is 12.5 Å². The third-order valence-electron chi connectivity index (χ3n) is 4.53. The molecule has 5 nitrogen and oxygen atoms in total. The van der Waals surface area contributed by atoms with Crippen LogP contribution in [0.3, 0.4) is 0 Å². The van der Waals surface area contributed by atoms with Gasteiger partial charge in [0.05, 0.1) is 5.69 Å². The number of nitrogens with one attached hydrogen (secondary N) is 1. The fourth-order valence-electron chi connectivity index (χ4n) is 3.08. The molecule has 1 aliphatic rings. The van der Waals surface area contributed by atoms with Crippen molar-refractivity contribution in [3.63, 3.8) is 0 Å². The van der Waals surface area contributed by atoms with Gasteiger partial charge in [0.2, 0.25) is 0 Å². The maximum atomic E-state index is 12.1. The predicted octanol–water partition coefficient (Wildman–Crippen LogP) is 4.62. The molecule has 0 fully saturated rings. The standard InChI is InChI=1S/C22H22N2O3S/c25-21(24-22-23-19-8-4-5-9-20(19)28-22)15-27-18-12-10-17(11-13-18)26-14-16-6-2-1-3-7-16/h1-3,6-7,10-13H,4-5,8-9,14-15H2,(H,23,24,25). The number of rotatable bonds is 7. The number of amides is 1. The number of nitrogens with zero attached hydrogens (tertiary/aromatic N) is 1. The number of thiazole rings is 1. The second-order valence-electron chi connectivity index (χ2n) is 6.68. The summed E-state index contributed by atoms with van der Waals surface area (Å²) < 4.78 is 11.3. The molecule has 6 heteroatoms. The van der Waals surface area contributed by atoms with Crippen molar-refractivity contribution in [2.75, 3.05) is 11.9 Å². The first-order valence-electron chi connectivity index (χ1n) is 9.44. The molecule has 0 aliphatic heterocycles. The normalized spacial score (nSPS) is 12.9. The minimum atomic E-state index is -0.199. The molecule has 1 N–H and O–H groups in total. The van der Waals surface area contributed by atoms with Crippen LogP contribution in [0.4, 0.5) is 5.13 Å². The van der Waals surface area contributed by atoms with Crippen LogP contribution in [-0.2, 0) is 24.2 Å². The summed E-state index contributed by atoms with van der Waals surface area (Å²) in [6.45, 7) is 0.468. The van der Waals surface area contributed by atoms with E-state index in [2.05, 4.69) is 10.3 Å². The molecular formula is C22H22N2O3S. The number of aryl methyl sites for hydroxylation is 2. The molecule has 144 valence electrons. The number of carbonyl (C=O) groups is 1. The van der Waals surface area contributed by atoms with E-state index in [4.69, 9.17) is 9.47 Å². The Morgan fingerprint density at radius 3 is 2.43 bits per heavy atom. The molecule has 3 aromatic rings. The van der Waals surface area contributed by atoms with Crippen LogP contribution < -0.4 is 14.8 Å². The van der Waals surface area contributed by atoms with Crippen molar-refractivity contribution in [1.29, 1.82) is 0 Å².